The fourth-order valence-corrected chi connectivity index (χ4v) is 1.33. The van der Waals surface area contributed by atoms with E-state index < -0.39 is 6.09 Å². The molecule has 94 valence electrons. The van der Waals surface area contributed by atoms with Gasteiger partial charge in [-0.15, -0.1) is 0 Å². The number of hydrogen-bond donors (Lipinski definition) is 2. The molecule has 0 radical (unpaired) electrons. The van der Waals surface area contributed by atoms with Crippen molar-refractivity contribution in [2.75, 3.05) is 5.32 Å². The van der Waals surface area contributed by atoms with E-state index in [4.69, 9.17) is 9.52 Å². The first-order valence-corrected chi connectivity index (χ1v) is 5.03. The Morgan fingerprint density at radius 3 is 2.94 bits per heavy atom. The Morgan fingerprint density at radius 1 is 1.56 bits per heavy atom. The molecule has 0 fully saturated rings. The van der Waals surface area contributed by atoms with Crippen molar-refractivity contribution in [1.29, 1.82) is 0 Å². The fraction of sp³-hybridized carbons (Fsp3) is 0.200. The van der Waals surface area contributed by atoms with Gasteiger partial charge < -0.3 is 9.52 Å². The third-order valence-electron chi connectivity index (χ3n) is 2.09. The number of nitrogens with zero attached hydrogens (tertiary/aromatic N) is 3. The summed E-state index contributed by atoms with van der Waals surface area (Å²) in [7, 11) is 0. The Hall–Kier alpha value is -2.64. The number of Topliss-reactive ketones (excluding diaryl/α,β-unsaturated/α-hetero) is 1. The minimum Gasteiger partial charge on any atom is -0.465 e. The van der Waals surface area contributed by atoms with Crippen LogP contribution in [-0.4, -0.2) is 31.7 Å². The summed E-state index contributed by atoms with van der Waals surface area (Å²) in [5, 5.41) is 14.6. The molecule has 0 aliphatic heterocycles. The molecule has 8 heteroatoms. The topological polar surface area (TPSA) is 110 Å². The summed E-state index contributed by atoms with van der Waals surface area (Å²) < 4.78 is 6.54. The number of carbonyl (C=O) groups is 2. The summed E-state index contributed by atoms with van der Waals surface area (Å²) >= 11 is 0. The predicted octanol–water partition coefficient (Wildman–Crippen LogP) is 1.21. The third kappa shape index (κ3) is 2.73. The van der Waals surface area contributed by atoms with Crippen molar-refractivity contribution in [2.45, 2.75) is 13.5 Å². The SMILES string of the molecule is CC(=O)c1ccn(Cc2nc(NC(=O)O)co2)n1. The second kappa shape index (κ2) is 4.70. The Bertz CT molecular complexity index is 586. The van der Waals surface area contributed by atoms with Gasteiger partial charge in [0.15, 0.2) is 11.6 Å². The summed E-state index contributed by atoms with van der Waals surface area (Å²) in [6, 6.07) is 1.59. The molecule has 0 unspecified atom stereocenters. The van der Waals surface area contributed by atoms with E-state index in [1.54, 1.807) is 12.3 Å². The van der Waals surface area contributed by atoms with Gasteiger partial charge in [0.25, 0.3) is 0 Å². The van der Waals surface area contributed by atoms with Crippen LogP contribution in [0.5, 0.6) is 0 Å². The van der Waals surface area contributed by atoms with Gasteiger partial charge in [0.2, 0.25) is 5.89 Å². The molecule has 2 rings (SSSR count). The Morgan fingerprint density at radius 2 is 2.33 bits per heavy atom. The van der Waals surface area contributed by atoms with Crippen molar-refractivity contribution in [3.05, 3.63) is 30.1 Å². The summed E-state index contributed by atoms with van der Waals surface area (Å²) in [6.07, 6.45) is 1.59. The zero-order valence-electron chi connectivity index (χ0n) is 9.45. The molecule has 0 aliphatic carbocycles. The van der Waals surface area contributed by atoms with Crippen LogP contribution in [-0.2, 0) is 6.54 Å². The van der Waals surface area contributed by atoms with Gasteiger partial charge in [0.1, 0.15) is 18.5 Å². The fourth-order valence-electron chi connectivity index (χ4n) is 1.33. The third-order valence-corrected chi connectivity index (χ3v) is 2.09. The van der Waals surface area contributed by atoms with E-state index >= 15 is 0 Å². The van der Waals surface area contributed by atoms with Gasteiger partial charge in [-0.1, -0.05) is 0 Å². The minimum atomic E-state index is -1.21. The van der Waals surface area contributed by atoms with Gasteiger partial charge in [0, 0.05) is 13.1 Å². The number of anilines is 1. The van der Waals surface area contributed by atoms with Crippen molar-refractivity contribution < 1.29 is 19.1 Å². The van der Waals surface area contributed by atoms with Gasteiger partial charge in [-0.25, -0.2) is 4.79 Å². The predicted molar refractivity (Wildman–Crippen MR) is 59.5 cm³/mol. The normalized spacial score (nSPS) is 10.3. The maximum Gasteiger partial charge on any atom is 0.410 e. The molecule has 0 atom stereocenters. The summed E-state index contributed by atoms with van der Waals surface area (Å²) in [5.74, 6) is 0.266. The lowest BCUT2D eigenvalue weighted by atomic mass is 10.3. The van der Waals surface area contributed by atoms with Crippen molar-refractivity contribution in [1.82, 2.24) is 14.8 Å². The maximum atomic E-state index is 11.0. The molecule has 2 N–H and O–H groups in total. The second-order valence-corrected chi connectivity index (χ2v) is 3.51. The number of carboxylic acid groups (broad SMARTS) is 1. The Kier molecular flexibility index (Phi) is 3.09. The molecule has 18 heavy (non-hydrogen) atoms. The minimum absolute atomic E-state index is 0.108. The lowest BCUT2D eigenvalue weighted by Crippen LogP contribution is -2.08. The van der Waals surface area contributed by atoms with E-state index in [2.05, 4.69) is 15.4 Å². The number of nitrogens with one attached hydrogen (secondary N) is 1. The van der Waals surface area contributed by atoms with E-state index in [0.29, 0.717) is 5.69 Å². The standard InChI is InChI=1S/C10H10N4O4/c1-6(15)7-2-3-14(13-7)4-9-11-8(5-18-9)12-10(16)17/h2-3,5,12H,4H2,1H3,(H,16,17). The molecule has 0 spiro atoms. The van der Waals surface area contributed by atoms with Crippen LogP contribution in [0.4, 0.5) is 10.6 Å². The first-order valence-electron chi connectivity index (χ1n) is 5.03. The smallest absolute Gasteiger partial charge is 0.410 e. The van der Waals surface area contributed by atoms with E-state index in [0.717, 1.165) is 0 Å². The Balaban J connectivity index is 2.06. The van der Waals surface area contributed by atoms with Gasteiger partial charge in [-0.05, 0) is 6.07 Å². The van der Waals surface area contributed by atoms with Gasteiger partial charge >= 0.3 is 6.09 Å². The molecule has 2 aromatic heterocycles. The molecule has 0 aliphatic rings. The zero-order chi connectivity index (χ0) is 13.1. The van der Waals surface area contributed by atoms with Crippen molar-refractivity contribution in [3.8, 4) is 0 Å². The van der Waals surface area contributed by atoms with Crippen LogP contribution in [0.15, 0.2) is 22.9 Å². The van der Waals surface area contributed by atoms with Crippen LogP contribution < -0.4 is 5.32 Å². The molecular formula is C10H10N4O4. The summed E-state index contributed by atoms with van der Waals surface area (Å²) in [5.41, 5.74) is 0.352. The molecule has 1 amide bonds. The Labute approximate surface area is 101 Å². The number of aromatic nitrogens is 3. The van der Waals surface area contributed by atoms with Crippen LogP contribution in [0.25, 0.3) is 0 Å². The van der Waals surface area contributed by atoms with E-state index in [9.17, 15) is 9.59 Å². The van der Waals surface area contributed by atoms with Crippen LogP contribution in [0.2, 0.25) is 0 Å². The van der Waals surface area contributed by atoms with Gasteiger partial charge in [-0.3, -0.25) is 14.8 Å². The quantitative estimate of drug-likeness (QED) is 0.789. The van der Waals surface area contributed by atoms with E-state index in [-0.39, 0.29) is 24.0 Å². The molecule has 2 heterocycles. The number of ketones is 1. The highest BCUT2D eigenvalue weighted by Gasteiger charge is 2.09. The summed E-state index contributed by atoms with van der Waals surface area (Å²) in [4.78, 5) is 25.3. The van der Waals surface area contributed by atoms with E-state index in [1.807, 2.05) is 0 Å². The highest BCUT2D eigenvalue weighted by molar-refractivity contribution is 5.91. The molecule has 0 saturated carbocycles. The highest BCUT2D eigenvalue weighted by atomic mass is 16.4. The number of oxazole rings is 1. The first kappa shape index (κ1) is 11.8. The largest absolute Gasteiger partial charge is 0.465 e. The lowest BCUT2D eigenvalue weighted by Gasteiger charge is -1.95. The van der Waals surface area contributed by atoms with Crippen molar-refractivity contribution >= 4 is 17.7 Å². The molecular weight excluding hydrogens is 240 g/mol. The molecule has 0 saturated heterocycles. The highest BCUT2D eigenvalue weighted by Crippen LogP contribution is 2.09. The molecule has 8 nitrogen and oxygen atoms in total. The lowest BCUT2D eigenvalue weighted by molar-refractivity contribution is 0.101. The second-order valence-electron chi connectivity index (χ2n) is 3.51. The van der Waals surface area contributed by atoms with Crippen LogP contribution in [0, 0.1) is 0 Å². The van der Waals surface area contributed by atoms with Crippen LogP contribution >= 0.6 is 0 Å². The average molecular weight is 250 g/mol. The summed E-state index contributed by atoms with van der Waals surface area (Å²) in [6.45, 7) is 1.64. The number of rotatable bonds is 4. The molecule has 0 aromatic carbocycles. The van der Waals surface area contributed by atoms with Gasteiger partial charge in [-0.2, -0.15) is 10.1 Å². The average Bonchev–Trinajstić information content (AvgIpc) is 2.88. The van der Waals surface area contributed by atoms with Crippen LogP contribution in [0.1, 0.15) is 23.3 Å². The monoisotopic (exact) mass is 250 g/mol. The number of hydrogen-bond acceptors (Lipinski definition) is 5. The number of amides is 1. The molecule has 2 aromatic rings. The van der Waals surface area contributed by atoms with Crippen LogP contribution in [0.3, 0.4) is 0 Å². The van der Waals surface area contributed by atoms with Crippen molar-refractivity contribution in [2.24, 2.45) is 0 Å². The molecule has 0 bridgehead atoms. The number of carbonyl (C=O) groups excluding carboxylic acids is 1. The first-order chi connectivity index (χ1) is 8.54. The van der Waals surface area contributed by atoms with Gasteiger partial charge in [0.05, 0.1) is 0 Å². The van der Waals surface area contributed by atoms with Crippen molar-refractivity contribution in [3.63, 3.8) is 0 Å². The zero-order valence-corrected chi connectivity index (χ0v) is 9.45. The maximum absolute atomic E-state index is 11.0. The van der Waals surface area contributed by atoms with E-state index in [1.165, 1.54) is 17.9 Å².